The zero-order chi connectivity index (χ0) is 23.2. The van der Waals surface area contributed by atoms with Crippen LogP contribution in [0.4, 0.5) is 0 Å². The second-order valence-electron chi connectivity index (χ2n) is 9.65. The van der Waals surface area contributed by atoms with E-state index >= 15 is 0 Å². The number of hydrogen-bond acceptors (Lipinski definition) is 3. The zero-order valence-electron chi connectivity index (χ0n) is 19.6. The van der Waals surface area contributed by atoms with Crippen molar-refractivity contribution < 1.29 is 14.3 Å². The molecule has 1 aliphatic carbocycles. The van der Waals surface area contributed by atoms with Crippen molar-refractivity contribution in [2.45, 2.75) is 64.2 Å². The number of rotatable bonds is 5. The van der Waals surface area contributed by atoms with Crippen LogP contribution in [0.5, 0.6) is 5.75 Å². The lowest BCUT2D eigenvalue weighted by atomic mass is 9.93. The molecule has 0 radical (unpaired) electrons. The molecule has 1 atom stereocenters. The Balaban J connectivity index is 1.58. The molecule has 2 aromatic carbocycles. The summed E-state index contributed by atoms with van der Waals surface area (Å²) in [4.78, 5) is 29.3. The summed E-state index contributed by atoms with van der Waals surface area (Å²) in [7, 11) is 1.63. The number of carbonyl (C=O) groups excluding carboxylic acids is 2. The van der Waals surface area contributed by atoms with E-state index in [9.17, 15) is 9.59 Å². The van der Waals surface area contributed by atoms with Crippen molar-refractivity contribution in [3.63, 3.8) is 0 Å². The molecule has 1 fully saturated rings. The molecule has 33 heavy (non-hydrogen) atoms. The fraction of sp³-hybridized carbons (Fsp3) is 0.407. The number of aromatic nitrogens is 1. The van der Waals surface area contributed by atoms with Crippen molar-refractivity contribution >= 4 is 22.7 Å². The molecule has 0 unspecified atom stereocenters. The first-order valence-corrected chi connectivity index (χ1v) is 11.7. The minimum Gasteiger partial charge on any atom is -0.497 e. The lowest BCUT2D eigenvalue weighted by molar-refractivity contribution is -0.133. The molecule has 1 N–H and O–H groups in total. The van der Waals surface area contributed by atoms with Gasteiger partial charge in [0.2, 0.25) is 5.91 Å². The van der Waals surface area contributed by atoms with Crippen molar-refractivity contribution in [1.82, 2.24) is 14.8 Å². The first kappa shape index (κ1) is 21.6. The Labute approximate surface area is 194 Å². The van der Waals surface area contributed by atoms with Gasteiger partial charge < -0.3 is 19.5 Å². The van der Waals surface area contributed by atoms with E-state index < -0.39 is 5.54 Å². The maximum atomic E-state index is 13.9. The van der Waals surface area contributed by atoms with E-state index in [-0.39, 0.29) is 17.9 Å². The predicted octanol–water partition coefficient (Wildman–Crippen LogP) is 4.43. The zero-order valence-corrected chi connectivity index (χ0v) is 19.6. The summed E-state index contributed by atoms with van der Waals surface area (Å²) in [6, 6.07) is 16.1. The van der Waals surface area contributed by atoms with Crippen LogP contribution in [-0.2, 0) is 17.9 Å². The van der Waals surface area contributed by atoms with Gasteiger partial charge in [-0.3, -0.25) is 9.59 Å². The van der Waals surface area contributed by atoms with E-state index in [4.69, 9.17) is 4.74 Å². The third-order valence-corrected chi connectivity index (χ3v) is 7.28. The van der Waals surface area contributed by atoms with Crippen molar-refractivity contribution in [1.29, 1.82) is 0 Å². The molecule has 0 spiro atoms. The molecule has 2 aliphatic rings. The van der Waals surface area contributed by atoms with Crippen LogP contribution >= 0.6 is 0 Å². The van der Waals surface area contributed by atoms with Gasteiger partial charge in [-0.1, -0.05) is 42.7 Å². The Kier molecular flexibility index (Phi) is 5.39. The molecule has 2 amide bonds. The maximum absolute atomic E-state index is 13.9. The van der Waals surface area contributed by atoms with Gasteiger partial charge in [0.05, 0.1) is 19.2 Å². The monoisotopic (exact) mass is 445 g/mol. The molecule has 0 saturated heterocycles. The summed E-state index contributed by atoms with van der Waals surface area (Å²) in [5.41, 5.74) is 2.69. The van der Waals surface area contributed by atoms with Gasteiger partial charge in [-0.25, -0.2) is 0 Å². The van der Waals surface area contributed by atoms with E-state index in [0.717, 1.165) is 47.9 Å². The summed E-state index contributed by atoms with van der Waals surface area (Å²) in [5, 5.41) is 4.22. The van der Waals surface area contributed by atoms with Crippen LogP contribution in [0.3, 0.4) is 0 Å². The highest BCUT2D eigenvalue weighted by Crippen LogP contribution is 2.35. The van der Waals surface area contributed by atoms with E-state index in [1.54, 1.807) is 12.0 Å². The summed E-state index contributed by atoms with van der Waals surface area (Å²) >= 11 is 0. The molecule has 3 aromatic rings. The predicted molar refractivity (Wildman–Crippen MR) is 128 cm³/mol. The van der Waals surface area contributed by atoms with E-state index in [2.05, 4.69) is 5.32 Å². The van der Waals surface area contributed by atoms with Crippen LogP contribution in [-0.4, -0.2) is 40.0 Å². The van der Waals surface area contributed by atoms with Gasteiger partial charge in [0, 0.05) is 24.0 Å². The van der Waals surface area contributed by atoms with Gasteiger partial charge in [-0.2, -0.15) is 0 Å². The fourth-order valence-corrected chi connectivity index (χ4v) is 5.19. The SMILES string of the molecule is COc1ccc2cc3n(c2c1)C[C@@](C)(C(=O)NC1CCCC1)N(Cc1ccc(C)cc1)C3=O. The second-order valence-corrected chi connectivity index (χ2v) is 9.65. The average molecular weight is 446 g/mol. The quantitative estimate of drug-likeness (QED) is 0.632. The van der Waals surface area contributed by atoms with Gasteiger partial charge in [-0.05, 0) is 50.5 Å². The summed E-state index contributed by atoms with van der Waals surface area (Å²) in [6.07, 6.45) is 4.28. The maximum Gasteiger partial charge on any atom is 0.271 e. The summed E-state index contributed by atoms with van der Waals surface area (Å²) in [5.74, 6) is 0.529. The van der Waals surface area contributed by atoms with E-state index in [1.807, 2.05) is 66.9 Å². The lowest BCUT2D eigenvalue weighted by Gasteiger charge is -2.44. The Morgan fingerprint density at radius 1 is 1.12 bits per heavy atom. The number of ether oxygens (including phenoxy) is 1. The van der Waals surface area contributed by atoms with Crippen molar-refractivity contribution in [2.75, 3.05) is 7.11 Å². The lowest BCUT2D eigenvalue weighted by Crippen LogP contribution is -2.64. The second kappa shape index (κ2) is 8.25. The average Bonchev–Trinajstić information content (AvgIpc) is 3.45. The first-order valence-electron chi connectivity index (χ1n) is 11.7. The molecule has 6 nitrogen and oxygen atoms in total. The molecule has 1 aromatic heterocycles. The number of nitrogens with zero attached hydrogens (tertiary/aromatic N) is 2. The number of fused-ring (bicyclic) bond motifs is 3. The van der Waals surface area contributed by atoms with E-state index in [0.29, 0.717) is 18.8 Å². The molecule has 0 bridgehead atoms. The smallest absolute Gasteiger partial charge is 0.271 e. The fourth-order valence-electron chi connectivity index (χ4n) is 5.19. The minimum absolute atomic E-state index is 0.0785. The highest BCUT2D eigenvalue weighted by Gasteiger charge is 2.48. The first-order chi connectivity index (χ1) is 15.9. The number of amides is 2. The van der Waals surface area contributed by atoms with Gasteiger partial charge >= 0.3 is 0 Å². The van der Waals surface area contributed by atoms with Gasteiger partial charge in [0.1, 0.15) is 17.0 Å². The Morgan fingerprint density at radius 2 is 1.85 bits per heavy atom. The number of methoxy groups -OCH3 is 1. The van der Waals surface area contributed by atoms with Crippen LogP contribution in [0, 0.1) is 6.92 Å². The van der Waals surface area contributed by atoms with Crippen LogP contribution in [0.1, 0.15) is 54.2 Å². The number of carbonyl (C=O) groups is 2. The molecule has 2 heterocycles. The molecular formula is C27H31N3O3. The molecule has 6 heteroatoms. The van der Waals surface area contributed by atoms with Crippen LogP contribution in [0.25, 0.3) is 10.9 Å². The summed E-state index contributed by atoms with van der Waals surface area (Å²) < 4.78 is 7.41. The third kappa shape index (κ3) is 3.77. The van der Waals surface area contributed by atoms with Gasteiger partial charge in [0.25, 0.3) is 5.91 Å². The van der Waals surface area contributed by atoms with Crippen molar-refractivity contribution in [3.05, 3.63) is 65.4 Å². The third-order valence-electron chi connectivity index (χ3n) is 7.28. The Bertz CT molecular complexity index is 1210. The Morgan fingerprint density at radius 3 is 2.55 bits per heavy atom. The van der Waals surface area contributed by atoms with Crippen molar-refractivity contribution in [3.8, 4) is 5.75 Å². The molecule has 5 rings (SSSR count). The van der Waals surface area contributed by atoms with Gasteiger partial charge in [-0.15, -0.1) is 0 Å². The largest absolute Gasteiger partial charge is 0.497 e. The van der Waals surface area contributed by atoms with Crippen LogP contribution in [0.2, 0.25) is 0 Å². The van der Waals surface area contributed by atoms with Crippen LogP contribution < -0.4 is 10.1 Å². The number of nitrogens with one attached hydrogen (secondary N) is 1. The highest BCUT2D eigenvalue weighted by molar-refractivity contribution is 6.03. The number of aryl methyl sites for hydroxylation is 1. The topological polar surface area (TPSA) is 63.6 Å². The minimum atomic E-state index is -1.01. The molecule has 172 valence electrons. The standard InChI is InChI=1S/C27H31N3O3/c1-18-8-10-19(11-9-18)16-30-25(31)24-14-20-12-13-22(33-3)15-23(20)29(24)17-27(30,2)26(32)28-21-6-4-5-7-21/h8-15,21H,4-7,16-17H2,1-3H3,(H,28,32)/t27-/m0/s1. The van der Waals surface area contributed by atoms with E-state index in [1.165, 1.54) is 5.56 Å². The highest BCUT2D eigenvalue weighted by atomic mass is 16.5. The normalized spacial score (nSPS) is 20.8. The Hall–Kier alpha value is -3.28. The number of benzene rings is 2. The van der Waals surface area contributed by atoms with Crippen LogP contribution in [0.15, 0.2) is 48.5 Å². The van der Waals surface area contributed by atoms with Crippen molar-refractivity contribution in [2.24, 2.45) is 0 Å². The summed E-state index contributed by atoms with van der Waals surface area (Å²) in [6.45, 7) is 4.73. The molecular weight excluding hydrogens is 414 g/mol. The van der Waals surface area contributed by atoms with Gasteiger partial charge in [0.15, 0.2) is 0 Å². The molecule has 1 saturated carbocycles. The number of hydrogen-bond donors (Lipinski definition) is 1. The molecule has 1 aliphatic heterocycles.